The average Bonchev–Trinajstić information content (AvgIpc) is 2.82. The summed E-state index contributed by atoms with van der Waals surface area (Å²) in [5, 5.41) is 5.62. The van der Waals surface area contributed by atoms with Crippen molar-refractivity contribution in [3.63, 3.8) is 0 Å². The molecule has 0 aromatic carbocycles. The highest BCUT2D eigenvalue weighted by Gasteiger charge is 1.98. The molecule has 0 fully saturated rings. The van der Waals surface area contributed by atoms with Crippen molar-refractivity contribution in [2.24, 2.45) is 0 Å². The summed E-state index contributed by atoms with van der Waals surface area (Å²) in [5.41, 5.74) is 0. The number of rotatable bonds is 10. The molecule has 0 saturated carbocycles. The standard InChI is InChI=1S/C13H24N2OS/c1-15(9-4-11-16-2)10-8-14-7-6-13-5-3-12-17-13/h3,5,12,14H,4,6-11H2,1-2H3. The molecule has 3 nitrogen and oxygen atoms in total. The summed E-state index contributed by atoms with van der Waals surface area (Å²) < 4.78 is 5.04. The van der Waals surface area contributed by atoms with Crippen LogP contribution in [0.2, 0.25) is 0 Å². The molecule has 0 aliphatic rings. The molecule has 98 valence electrons. The number of nitrogens with zero attached hydrogens (tertiary/aromatic N) is 1. The lowest BCUT2D eigenvalue weighted by Gasteiger charge is -2.16. The molecule has 1 heterocycles. The van der Waals surface area contributed by atoms with Crippen LogP contribution < -0.4 is 5.32 Å². The summed E-state index contributed by atoms with van der Waals surface area (Å²) in [6, 6.07) is 4.31. The average molecular weight is 256 g/mol. The number of thiophene rings is 1. The zero-order valence-electron chi connectivity index (χ0n) is 10.9. The van der Waals surface area contributed by atoms with Crippen molar-refractivity contribution in [2.45, 2.75) is 12.8 Å². The Kier molecular flexibility index (Phi) is 8.26. The predicted molar refractivity (Wildman–Crippen MR) is 74.9 cm³/mol. The van der Waals surface area contributed by atoms with E-state index in [0.717, 1.165) is 45.6 Å². The summed E-state index contributed by atoms with van der Waals surface area (Å²) in [7, 11) is 3.92. The minimum Gasteiger partial charge on any atom is -0.385 e. The Labute approximate surface area is 109 Å². The Hall–Kier alpha value is -0.420. The van der Waals surface area contributed by atoms with E-state index in [-0.39, 0.29) is 0 Å². The third-order valence-corrected chi connectivity index (χ3v) is 3.62. The van der Waals surface area contributed by atoms with Crippen molar-refractivity contribution in [3.05, 3.63) is 22.4 Å². The number of methoxy groups -OCH3 is 1. The van der Waals surface area contributed by atoms with Gasteiger partial charge in [0.2, 0.25) is 0 Å². The van der Waals surface area contributed by atoms with Crippen LogP contribution in [0.25, 0.3) is 0 Å². The molecular formula is C13H24N2OS. The van der Waals surface area contributed by atoms with Gasteiger partial charge in [0.25, 0.3) is 0 Å². The maximum absolute atomic E-state index is 5.04. The van der Waals surface area contributed by atoms with Gasteiger partial charge < -0.3 is 15.0 Å². The van der Waals surface area contributed by atoms with Gasteiger partial charge in [-0.05, 0) is 31.3 Å². The lowest BCUT2D eigenvalue weighted by atomic mass is 10.3. The van der Waals surface area contributed by atoms with Gasteiger partial charge in [0.15, 0.2) is 0 Å². The molecule has 0 radical (unpaired) electrons. The molecule has 4 heteroatoms. The van der Waals surface area contributed by atoms with Crippen molar-refractivity contribution in [3.8, 4) is 0 Å². The second-order valence-corrected chi connectivity index (χ2v) is 5.26. The number of ether oxygens (including phenoxy) is 1. The summed E-state index contributed by atoms with van der Waals surface area (Å²) in [6.45, 7) is 5.21. The number of hydrogen-bond donors (Lipinski definition) is 1. The minimum absolute atomic E-state index is 0.857. The van der Waals surface area contributed by atoms with E-state index in [1.54, 1.807) is 7.11 Å². The fourth-order valence-electron chi connectivity index (χ4n) is 1.65. The monoisotopic (exact) mass is 256 g/mol. The first-order chi connectivity index (χ1) is 8.33. The molecule has 1 aromatic rings. The van der Waals surface area contributed by atoms with Crippen LogP contribution in [0.4, 0.5) is 0 Å². The zero-order valence-corrected chi connectivity index (χ0v) is 11.8. The van der Waals surface area contributed by atoms with Crippen LogP contribution in [0.5, 0.6) is 0 Å². The van der Waals surface area contributed by atoms with Crippen molar-refractivity contribution >= 4 is 11.3 Å². The molecule has 0 unspecified atom stereocenters. The van der Waals surface area contributed by atoms with Crippen LogP contribution in [0.15, 0.2) is 17.5 Å². The van der Waals surface area contributed by atoms with Crippen molar-refractivity contribution in [2.75, 3.05) is 46.9 Å². The second kappa shape index (κ2) is 9.59. The SMILES string of the molecule is COCCCN(C)CCNCCc1cccs1. The first kappa shape index (κ1) is 14.6. The molecule has 1 rings (SSSR count). The van der Waals surface area contributed by atoms with Gasteiger partial charge in [-0.15, -0.1) is 11.3 Å². The molecule has 0 saturated heterocycles. The Morgan fingerprint density at radius 1 is 1.35 bits per heavy atom. The highest BCUT2D eigenvalue weighted by Crippen LogP contribution is 2.07. The molecule has 17 heavy (non-hydrogen) atoms. The quantitative estimate of drug-likeness (QED) is 0.647. The van der Waals surface area contributed by atoms with E-state index in [2.05, 4.69) is 34.8 Å². The normalized spacial score (nSPS) is 11.2. The smallest absolute Gasteiger partial charge is 0.0474 e. The van der Waals surface area contributed by atoms with Gasteiger partial charge in [0, 0.05) is 44.8 Å². The number of hydrogen-bond acceptors (Lipinski definition) is 4. The maximum atomic E-state index is 5.04. The van der Waals surface area contributed by atoms with E-state index in [1.165, 1.54) is 4.88 Å². The molecule has 0 bridgehead atoms. The molecular weight excluding hydrogens is 232 g/mol. The summed E-state index contributed by atoms with van der Waals surface area (Å²) in [4.78, 5) is 3.81. The molecule has 0 aliphatic carbocycles. The first-order valence-corrected chi connectivity index (χ1v) is 7.11. The lowest BCUT2D eigenvalue weighted by molar-refractivity contribution is 0.179. The van der Waals surface area contributed by atoms with Crippen LogP contribution in [0.3, 0.4) is 0 Å². The highest BCUT2D eigenvalue weighted by atomic mass is 32.1. The fraction of sp³-hybridized carbons (Fsp3) is 0.692. The van der Waals surface area contributed by atoms with Crippen LogP contribution in [-0.4, -0.2) is 51.8 Å². The Balaban J connectivity index is 1.89. The van der Waals surface area contributed by atoms with Gasteiger partial charge in [0.05, 0.1) is 0 Å². The molecule has 0 aliphatic heterocycles. The maximum Gasteiger partial charge on any atom is 0.0474 e. The summed E-state index contributed by atoms with van der Waals surface area (Å²) >= 11 is 1.84. The summed E-state index contributed by atoms with van der Waals surface area (Å²) in [5.74, 6) is 0. The largest absolute Gasteiger partial charge is 0.385 e. The first-order valence-electron chi connectivity index (χ1n) is 6.23. The topological polar surface area (TPSA) is 24.5 Å². The minimum atomic E-state index is 0.857. The van der Waals surface area contributed by atoms with E-state index in [9.17, 15) is 0 Å². The highest BCUT2D eigenvalue weighted by molar-refractivity contribution is 7.09. The Morgan fingerprint density at radius 2 is 2.24 bits per heavy atom. The lowest BCUT2D eigenvalue weighted by Crippen LogP contribution is -2.31. The van der Waals surface area contributed by atoms with Crippen molar-refractivity contribution < 1.29 is 4.74 Å². The van der Waals surface area contributed by atoms with E-state index < -0.39 is 0 Å². The number of likely N-dealkylation sites (N-methyl/N-ethyl adjacent to an activating group) is 1. The van der Waals surface area contributed by atoms with Gasteiger partial charge in [-0.3, -0.25) is 0 Å². The van der Waals surface area contributed by atoms with Gasteiger partial charge in [-0.1, -0.05) is 6.07 Å². The third kappa shape index (κ3) is 7.49. The number of nitrogens with one attached hydrogen (secondary N) is 1. The van der Waals surface area contributed by atoms with E-state index >= 15 is 0 Å². The molecule has 1 aromatic heterocycles. The Morgan fingerprint density at radius 3 is 2.94 bits per heavy atom. The second-order valence-electron chi connectivity index (χ2n) is 4.23. The van der Waals surface area contributed by atoms with E-state index in [0.29, 0.717) is 0 Å². The van der Waals surface area contributed by atoms with E-state index in [1.807, 2.05) is 11.3 Å². The zero-order chi connectivity index (χ0) is 12.3. The van der Waals surface area contributed by atoms with Gasteiger partial charge in [-0.2, -0.15) is 0 Å². The van der Waals surface area contributed by atoms with Crippen LogP contribution in [-0.2, 0) is 11.2 Å². The van der Waals surface area contributed by atoms with Crippen molar-refractivity contribution in [1.82, 2.24) is 10.2 Å². The van der Waals surface area contributed by atoms with Crippen LogP contribution in [0.1, 0.15) is 11.3 Å². The predicted octanol–water partition coefficient (Wildman–Crippen LogP) is 1.85. The van der Waals surface area contributed by atoms with E-state index in [4.69, 9.17) is 4.74 Å². The molecule has 0 spiro atoms. The Bertz CT molecular complexity index is 264. The molecule has 1 N–H and O–H groups in total. The van der Waals surface area contributed by atoms with Gasteiger partial charge in [-0.25, -0.2) is 0 Å². The molecule has 0 amide bonds. The van der Waals surface area contributed by atoms with Gasteiger partial charge in [0.1, 0.15) is 0 Å². The van der Waals surface area contributed by atoms with Crippen LogP contribution >= 0.6 is 11.3 Å². The van der Waals surface area contributed by atoms with Crippen molar-refractivity contribution in [1.29, 1.82) is 0 Å². The molecule has 0 atom stereocenters. The third-order valence-electron chi connectivity index (χ3n) is 2.69. The van der Waals surface area contributed by atoms with Crippen LogP contribution in [0, 0.1) is 0 Å². The summed E-state index contributed by atoms with van der Waals surface area (Å²) in [6.07, 6.45) is 2.26. The van der Waals surface area contributed by atoms with Gasteiger partial charge >= 0.3 is 0 Å². The fourth-order valence-corrected chi connectivity index (χ4v) is 2.36.